The van der Waals surface area contributed by atoms with Crippen molar-refractivity contribution in [1.82, 2.24) is 4.90 Å². The minimum absolute atomic E-state index is 0.0434. The SMILES string of the molecule is CO[C@H]1/C=C/O[C@@]2(C)Oc3c(C)c(O)c4c(O)c(c5c(c4c3C2=O)=NC2(CCN(C3CCCCC3C)CC2)N=5)NC(=O)/C(C)=C\C=C\[C@H](C)[C@H](O)[C@@H](C)[C@@H](O)[C@@H](C)[C@H](OC(C)=O)[C@@H]1C. The molecule has 2 aromatic rings. The van der Waals surface area contributed by atoms with Crippen LogP contribution in [-0.2, 0) is 23.8 Å². The van der Waals surface area contributed by atoms with Crippen LogP contribution in [-0.4, -0.2) is 105 Å². The highest BCUT2D eigenvalue weighted by molar-refractivity contribution is 6.19. The van der Waals surface area contributed by atoms with Crippen LogP contribution in [0.3, 0.4) is 0 Å². The molecule has 1 spiro atoms. The van der Waals surface area contributed by atoms with Crippen LogP contribution >= 0.6 is 0 Å². The van der Waals surface area contributed by atoms with Crippen LogP contribution in [0.5, 0.6) is 17.2 Å². The lowest BCUT2D eigenvalue weighted by molar-refractivity contribution is -0.160. The van der Waals surface area contributed by atoms with E-state index in [0.29, 0.717) is 24.8 Å². The van der Waals surface area contributed by atoms with Crippen molar-refractivity contribution in [1.29, 1.82) is 0 Å². The molecule has 0 radical (unpaired) electrons. The van der Waals surface area contributed by atoms with Crippen molar-refractivity contribution in [2.24, 2.45) is 39.6 Å². The van der Waals surface area contributed by atoms with Crippen LogP contribution in [0, 0.1) is 36.5 Å². The summed E-state index contributed by atoms with van der Waals surface area (Å²) in [6.07, 6.45) is 9.91. The Hall–Kier alpha value is -4.83. The summed E-state index contributed by atoms with van der Waals surface area (Å²) in [5.41, 5.74) is -0.533. The predicted molar refractivity (Wildman–Crippen MR) is 239 cm³/mol. The van der Waals surface area contributed by atoms with Gasteiger partial charge in [0.15, 0.2) is 11.4 Å². The Kier molecular flexibility index (Phi) is 13.4. The summed E-state index contributed by atoms with van der Waals surface area (Å²) >= 11 is 0. The molecule has 1 saturated carbocycles. The number of benzene rings is 2. The normalized spacial score (nSPS) is 35.3. The van der Waals surface area contributed by atoms with Crippen LogP contribution in [0.25, 0.3) is 10.8 Å². The Morgan fingerprint density at radius 3 is 2.23 bits per heavy atom. The van der Waals surface area contributed by atoms with E-state index in [2.05, 4.69) is 17.1 Å². The molecule has 5 aliphatic rings. The molecule has 348 valence electrons. The van der Waals surface area contributed by atoms with Gasteiger partial charge in [-0.25, -0.2) is 0 Å². The number of hydrogen-bond donors (Lipinski definition) is 5. The highest BCUT2D eigenvalue weighted by atomic mass is 16.7. The number of allylic oxidation sites excluding steroid dienone is 2. The lowest BCUT2D eigenvalue weighted by atomic mass is 9.78. The molecule has 2 aromatic carbocycles. The molecule has 0 aromatic heterocycles. The van der Waals surface area contributed by atoms with E-state index in [1.807, 2.05) is 0 Å². The number of ether oxygens (including phenoxy) is 4. The lowest BCUT2D eigenvalue weighted by Crippen LogP contribution is -2.49. The molecule has 5 N–H and O–H groups in total. The van der Waals surface area contributed by atoms with Gasteiger partial charge in [0.1, 0.15) is 28.6 Å². The molecule has 15 heteroatoms. The van der Waals surface area contributed by atoms with Gasteiger partial charge in [-0.15, -0.1) is 0 Å². The van der Waals surface area contributed by atoms with Crippen molar-refractivity contribution in [2.75, 3.05) is 25.5 Å². The number of rotatable bonds is 3. The highest BCUT2D eigenvalue weighted by Crippen LogP contribution is 2.50. The van der Waals surface area contributed by atoms with E-state index in [9.17, 15) is 34.8 Å². The third-order valence-corrected chi connectivity index (χ3v) is 14.7. The summed E-state index contributed by atoms with van der Waals surface area (Å²) < 4.78 is 24.1. The van der Waals surface area contributed by atoms with Gasteiger partial charge in [0.25, 0.3) is 11.7 Å². The first-order chi connectivity index (χ1) is 30.2. The third-order valence-electron chi connectivity index (χ3n) is 14.7. The van der Waals surface area contributed by atoms with E-state index in [1.54, 1.807) is 65.8 Å². The number of aromatic hydroxyl groups is 2. The minimum Gasteiger partial charge on any atom is -0.507 e. The number of carbonyl (C=O) groups excluding carboxylic acids is 3. The quantitative estimate of drug-likeness (QED) is 0.187. The summed E-state index contributed by atoms with van der Waals surface area (Å²) in [5.74, 6) is -6.27. The number of nitrogens with zero attached hydrogens (tertiary/aromatic N) is 3. The van der Waals surface area contributed by atoms with Gasteiger partial charge in [-0.3, -0.25) is 29.3 Å². The van der Waals surface area contributed by atoms with E-state index < -0.39 is 82.9 Å². The maximum absolute atomic E-state index is 14.8. The monoisotopic (exact) mass is 886 g/mol. The topological polar surface area (TPSA) is 209 Å². The third kappa shape index (κ3) is 8.44. The predicted octanol–water partition coefficient (Wildman–Crippen LogP) is 5.67. The lowest BCUT2D eigenvalue weighted by Gasteiger charge is -2.43. The fourth-order valence-corrected chi connectivity index (χ4v) is 10.6. The van der Waals surface area contributed by atoms with Crippen molar-refractivity contribution in [3.05, 3.63) is 58.0 Å². The molecule has 11 atom stereocenters. The molecule has 4 heterocycles. The largest absolute Gasteiger partial charge is 0.507 e. The Morgan fingerprint density at radius 1 is 0.906 bits per heavy atom. The average Bonchev–Trinajstić information content (AvgIpc) is 3.76. The second-order valence-electron chi connectivity index (χ2n) is 19.1. The van der Waals surface area contributed by atoms with E-state index in [1.165, 1.54) is 46.5 Å². The molecule has 64 heavy (non-hydrogen) atoms. The van der Waals surface area contributed by atoms with E-state index >= 15 is 0 Å². The number of Topliss-reactive ketones (excluding diaryl/α,β-unsaturated/α-hetero) is 1. The second kappa shape index (κ2) is 18.2. The number of ketones is 1. The molecule has 1 aliphatic carbocycles. The first kappa shape index (κ1) is 47.1. The number of nitrogens with one attached hydrogen (secondary N) is 1. The zero-order valence-electron chi connectivity index (χ0n) is 38.8. The summed E-state index contributed by atoms with van der Waals surface area (Å²) in [4.78, 5) is 54.3. The van der Waals surface area contributed by atoms with Crippen LogP contribution in [0.2, 0.25) is 0 Å². The molecular weight excluding hydrogens is 821 g/mol. The van der Waals surface area contributed by atoms with Crippen molar-refractivity contribution in [2.45, 2.75) is 143 Å². The number of phenolic OH excluding ortho intramolecular Hbond substituents is 2. The number of amides is 1. The fourth-order valence-electron chi connectivity index (χ4n) is 10.6. The molecule has 1 saturated heterocycles. The fraction of sp³-hybridized carbons (Fsp3) is 0.612. The van der Waals surface area contributed by atoms with Crippen LogP contribution < -0.4 is 20.8 Å². The zero-order valence-corrected chi connectivity index (χ0v) is 38.8. The summed E-state index contributed by atoms with van der Waals surface area (Å²) in [6.45, 7) is 16.8. The number of phenols is 2. The first-order valence-corrected chi connectivity index (χ1v) is 22.8. The van der Waals surface area contributed by atoms with E-state index in [-0.39, 0.29) is 55.4 Å². The van der Waals surface area contributed by atoms with Gasteiger partial charge in [-0.2, -0.15) is 0 Å². The smallest absolute Gasteiger partial charge is 0.312 e. The average molecular weight is 887 g/mol. The van der Waals surface area contributed by atoms with Crippen LogP contribution in [0.1, 0.15) is 110 Å². The van der Waals surface area contributed by atoms with Gasteiger partial charge in [0.05, 0.1) is 40.9 Å². The van der Waals surface area contributed by atoms with Crippen molar-refractivity contribution in [3.63, 3.8) is 0 Å². The van der Waals surface area contributed by atoms with Gasteiger partial charge in [-0.1, -0.05) is 65.7 Å². The van der Waals surface area contributed by atoms with Gasteiger partial charge >= 0.3 is 11.8 Å². The minimum atomic E-state index is -1.96. The molecule has 4 bridgehead atoms. The summed E-state index contributed by atoms with van der Waals surface area (Å²) in [5, 5.41) is 50.5. The maximum Gasteiger partial charge on any atom is 0.312 e. The van der Waals surface area contributed by atoms with Crippen molar-refractivity contribution >= 4 is 34.1 Å². The standard InChI is InChI=1S/C49H66N4O11/c1-24-14-11-12-17-32(24)53-21-19-49(20-22-53)51-37-34-35-42(57)30(7)45-36(34)46(59)48(9,64-45)62-23-18-33(61-10)27(4)44(63-31(8)54)29(6)41(56)28(5)40(55)25(2)15-13-16-26(3)47(60)50-39(43(35)58)38(37)52-49/h13,15-16,18,23-25,27-29,32-33,40-41,44,55-58H,11-12,14,17,19-22H2,1-10H3,(H,50,60)/b15-13+,23-18+,26-16-/t24?,25-,27+,28+,29+,32?,33-,40-,41+,44+,48-/m0/s1. The molecule has 2 unspecified atom stereocenters. The number of aliphatic hydroxyl groups excluding tert-OH is 2. The van der Waals surface area contributed by atoms with Crippen molar-refractivity contribution in [3.8, 4) is 17.2 Å². The molecule has 4 aliphatic heterocycles. The Morgan fingerprint density at radius 2 is 1.58 bits per heavy atom. The number of piperidine rings is 1. The molecule has 15 nitrogen and oxygen atoms in total. The highest BCUT2D eigenvalue weighted by Gasteiger charge is 2.50. The molecule has 2 fully saturated rings. The van der Waals surface area contributed by atoms with Gasteiger partial charge in [0.2, 0.25) is 0 Å². The number of likely N-dealkylation sites (tertiary alicyclic amines) is 1. The van der Waals surface area contributed by atoms with E-state index in [4.69, 9.17) is 28.9 Å². The summed E-state index contributed by atoms with van der Waals surface area (Å²) in [7, 11) is 1.47. The first-order valence-electron chi connectivity index (χ1n) is 22.8. The van der Waals surface area contributed by atoms with Crippen LogP contribution in [0.4, 0.5) is 5.69 Å². The van der Waals surface area contributed by atoms with Gasteiger partial charge in [0, 0.05) is 93.1 Å². The molecular formula is C49H66N4O11. The summed E-state index contributed by atoms with van der Waals surface area (Å²) in [6, 6.07) is 0.470. The second-order valence-corrected chi connectivity index (χ2v) is 19.1. The maximum atomic E-state index is 14.8. The zero-order chi connectivity index (χ0) is 46.6. The number of esters is 1. The number of fused-ring (bicyclic) bond motifs is 1. The number of aliphatic hydroxyl groups is 2. The number of methoxy groups -OCH3 is 1. The van der Waals surface area contributed by atoms with E-state index in [0.717, 1.165) is 19.5 Å². The van der Waals surface area contributed by atoms with Gasteiger partial charge in [-0.05, 0) is 38.7 Å². The Bertz CT molecular complexity index is 2400. The van der Waals surface area contributed by atoms with Gasteiger partial charge < -0.3 is 44.7 Å². The Balaban J connectivity index is 1.38. The molecule has 7 rings (SSSR count). The molecule has 1 amide bonds. The number of hydrogen-bond acceptors (Lipinski definition) is 14. The Labute approximate surface area is 374 Å². The number of carbonyl (C=O) groups is 3. The van der Waals surface area contributed by atoms with Crippen LogP contribution in [0.15, 0.2) is 46.1 Å². The van der Waals surface area contributed by atoms with Crippen molar-refractivity contribution < 1.29 is 53.8 Å². The number of anilines is 1.